The average molecular weight is 244 g/mol. The Kier molecular flexibility index (Phi) is 6.29. The number of amides is 1. The van der Waals surface area contributed by atoms with Gasteiger partial charge in [-0.25, -0.2) is 4.79 Å². The zero-order chi connectivity index (χ0) is 12.7. The van der Waals surface area contributed by atoms with Crippen LogP contribution in [0.5, 0.6) is 0 Å². The number of alkyl carbamates (subject to hydrolysis) is 1. The number of hydrogen-bond acceptors (Lipinski definition) is 4. The van der Waals surface area contributed by atoms with E-state index in [1.54, 1.807) is 0 Å². The first-order valence-electron chi connectivity index (χ1n) is 6.37. The molecule has 5 heteroatoms. The van der Waals surface area contributed by atoms with E-state index in [9.17, 15) is 4.79 Å². The lowest BCUT2D eigenvalue weighted by atomic mass is 10.0. The van der Waals surface area contributed by atoms with Gasteiger partial charge in [-0.05, 0) is 12.8 Å². The van der Waals surface area contributed by atoms with Crippen LogP contribution in [0.1, 0.15) is 20.8 Å². The molecule has 17 heavy (non-hydrogen) atoms. The molecular weight excluding hydrogens is 220 g/mol. The number of rotatable bonds is 5. The third-order valence-electron chi connectivity index (χ3n) is 3.02. The monoisotopic (exact) mass is 244 g/mol. The van der Waals surface area contributed by atoms with Crippen LogP contribution in [-0.2, 0) is 9.47 Å². The van der Waals surface area contributed by atoms with Crippen LogP contribution in [-0.4, -0.2) is 56.5 Å². The van der Waals surface area contributed by atoms with Crippen molar-refractivity contribution < 1.29 is 14.3 Å². The van der Waals surface area contributed by atoms with Crippen molar-refractivity contribution in [1.82, 2.24) is 10.2 Å². The lowest BCUT2D eigenvalue weighted by Gasteiger charge is -2.36. The zero-order valence-corrected chi connectivity index (χ0v) is 11.1. The van der Waals surface area contributed by atoms with Crippen LogP contribution in [0.4, 0.5) is 4.79 Å². The number of carbonyl (C=O) groups excluding carboxylic acids is 1. The fraction of sp³-hybridized carbons (Fsp3) is 0.917. The SMILES string of the molecule is CCOC(=O)NCC(C(C)C)N1CCOCC1. The first kappa shape index (κ1) is 14.3. The Labute approximate surface area is 103 Å². The number of ether oxygens (including phenoxy) is 2. The first-order valence-corrected chi connectivity index (χ1v) is 6.37. The van der Waals surface area contributed by atoms with Gasteiger partial charge in [0.25, 0.3) is 0 Å². The first-order chi connectivity index (χ1) is 8.15. The summed E-state index contributed by atoms with van der Waals surface area (Å²) in [5, 5.41) is 2.82. The lowest BCUT2D eigenvalue weighted by Crippen LogP contribution is -2.51. The van der Waals surface area contributed by atoms with Gasteiger partial charge < -0.3 is 14.8 Å². The van der Waals surface area contributed by atoms with Gasteiger partial charge in [-0.2, -0.15) is 0 Å². The van der Waals surface area contributed by atoms with E-state index in [1.807, 2.05) is 6.92 Å². The van der Waals surface area contributed by atoms with E-state index in [0.717, 1.165) is 26.3 Å². The molecule has 0 spiro atoms. The third kappa shape index (κ3) is 4.91. The Morgan fingerprint density at radius 3 is 2.59 bits per heavy atom. The van der Waals surface area contributed by atoms with Crippen molar-refractivity contribution in [2.75, 3.05) is 39.5 Å². The van der Waals surface area contributed by atoms with Crippen LogP contribution < -0.4 is 5.32 Å². The van der Waals surface area contributed by atoms with Crippen molar-refractivity contribution in [2.24, 2.45) is 5.92 Å². The van der Waals surface area contributed by atoms with Crippen molar-refractivity contribution in [2.45, 2.75) is 26.8 Å². The Morgan fingerprint density at radius 1 is 1.41 bits per heavy atom. The fourth-order valence-corrected chi connectivity index (χ4v) is 2.07. The molecule has 0 aromatic rings. The quantitative estimate of drug-likeness (QED) is 0.786. The molecule has 0 aliphatic carbocycles. The summed E-state index contributed by atoms with van der Waals surface area (Å²) in [6, 6.07) is 0.350. The average Bonchev–Trinajstić information content (AvgIpc) is 2.30. The summed E-state index contributed by atoms with van der Waals surface area (Å²) < 4.78 is 10.2. The van der Waals surface area contributed by atoms with Gasteiger partial charge in [-0.3, -0.25) is 4.90 Å². The van der Waals surface area contributed by atoms with Crippen LogP contribution in [0.2, 0.25) is 0 Å². The zero-order valence-electron chi connectivity index (χ0n) is 11.1. The molecular formula is C12H24N2O3. The standard InChI is InChI=1S/C12H24N2O3/c1-4-17-12(15)13-9-11(10(2)3)14-5-7-16-8-6-14/h10-11H,4-9H2,1-3H3,(H,13,15). The number of carbonyl (C=O) groups is 1. The minimum atomic E-state index is -0.327. The van der Waals surface area contributed by atoms with E-state index >= 15 is 0 Å². The highest BCUT2D eigenvalue weighted by molar-refractivity contribution is 5.67. The Balaban J connectivity index is 2.39. The summed E-state index contributed by atoms with van der Waals surface area (Å²) in [5.41, 5.74) is 0. The molecule has 1 unspecified atom stereocenters. The number of morpholine rings is 1. The second kappa shape index (κ2) is 7.50. The van der Waals surface area contributed by atoms with Gasteiger partial charge in [0.15, 0.2) is 0 Å². The van der Waals surface area contributed by atoms with Gasteiger partial charge >= 0.3 is 6.09 Å². The molecule has 1 aliphatic heterocycles. The van der Waals surface area contributed by atoms with Gasteiger partial charge in [-0.15, -0.1) is 0 Å². The molecule has 0 aromatic carbocycles. The molecule has 1 N–H and O–H groups in total. The Hall–Kier alpha value is -0.810. The van der Waals surface area contributed by atoms with Crippen molar-refractivity contribution in [1.29, 1.82) is 0 Å². The molecule has 0 aromatic heterocycles. The maximum atomic E-state index is 11.3. The van der Waals surface area contributed by atoms with Gasteiger partial charge in [0.2, 0.25) is 0 Å². The van der Waals surface area contributed by atoms with Crippen molar-refractivity contribution >= 4 is 6.09 Å². The van der Waals surface area contributed by atoms with Crippen LogP contribution in [0.25, 0.3) is 0 Å². The highest BCUT2D eigenvalue weighted by Crippen LogP contribution is 2.12. The van der Waals surface area contributed by atoms with E-state index in [1.165, 1.54) is 0 Å². The Morgan fingerprint density at radius 2 is 2.06 bits per heavy atom. The molecule has 1 atom stereocenters. The molecule has 0 saturated carbocycles. The van der Waals surface area contributed by atoms with Crippen LogP contribution in [0, 0.1) is 5.92 Å². The van der Waals surface area contributed by atoms with Crippen molar-refractivity contribution in [3.05, 3.63) is 0 Å². The molecule has 5 nitrogen and oxygen atoms in total. The molecule has 0 bridgehead atoms. The molecule has 1 fully saturated rings. The van der Waals surface area contributed by atoms with Crippen LogP contribution in [0.15, 0.2) is 0 Å². The van der Waals surface area contributed by atoms with E-state index in [0.29, 0.717) is 25.1 Å². The van der Waals surface area contributed by atoms with E-state index in [-0.39, 0.29) is 6.09 Å². The molecule has 1 amide bonds. The summed E-state index contributed by atoms with van der Waals surface area (Å²) in [5.74, 6) is 0.495. The molecule has 100 valence electrons. The van der Waals surface area contributed by atoms with Crippen molar-refractivity contribution in [3.63, 3.8) is 0 Å². The van der Waals surface area contributed by atoms with Gasteiger partial charge in [0.05, 0.1) is 19.8 Å². The van der Waals surface area contributed by atoms with Crippen LogP contribution >= 0.6 is 0 Å². The lowest BCUT2D eigenvalue weighted by molar-refractivity contribution is 0.00653. The van der Waals surface area contributed by atoms with Gasteiger partial charge in [-0.1, -0.05) is 13.8 Å². The number of nitrogens with one attached hydrogen (secondary N) is 1. The normalized spacial score (nSPS) is 19.1. The Bertz CT molecular complexity index is 228. The molecule has 1 saturated heterocycles. The summed E-state index contributed by atoms with van der Waals surface area (Å²) >= 11 is 0. The molecule has 1 rings (SSSR count). The minimum Gasteiger partial charge on any atom is -0.450 e. The highest BCUT2D eigenvalue weighted by atomic mass is 16.5. The predicted octanol–water partition coefficient (Wildman–Crippen LogP) is 1.09. The molecule has 1 aliphatic rings. The highest BCUT2D eigenvalue weighted by Gasteiger charge is 2.24. The van der Waals surface area contributed by atoms with E-state index in [2.05, 4.69) is 24.1 Å². The fourth-order valence-electron chi connectivity index (χ4n) is 2.07. The van der Waals surface area contributed by atoms with Crippen LogP contribution in [0.3, 0.4) is 0 Å². The third-order valence-corrected chi connectivity index (χ3v) is 3.02. The smallest absolute Gasteiger partial charge is 0.407 e. The van der Waals surface area contributed by atoms with Crippen molar-refractivity contribution in [3.8, 4) is 0 Å². The predicted molar refractivity (Wildman–Crippen MR) is 66.0 cm³/mol. The van der Waals surface area contributed by atoms with E-state index < -0.39 is 0 Å². The van der Waals surface area contributed by atoms with Gasteiger partial charge in [0, 0.05) is 25.7 Å². The van der Waals surface area contributed by atoms with E-state index in [4.69, 9.17) is 9.47 Å². The second-order valence-corrected chi connectivity index (χ2v) is 4.56. The number of nitrogens with zero attached hydrogens (tertiary/aromatic N) is 1. The largest absolute Gasteiger partial charge is 0.450 e. The maximum Gasteiger partial charge on any atom is 0.407 e. The maximum absolute atomic E-state index is 11.3. The summed E-state index contributed by atoms with van der Waals surface area (Å²) in [7, 11) is 0. The minimum absolute atomic E-state index is 0.327. The topological polar surface area (TPSA) is 50.8 Å². The second-order valence-electron chi connectivity index (χ2n) is 4.56. The summed E-state index contributed by atoms with van der Waals surface area (Å²) in [4.78, 5) is 13.7. The molecule has 0 radical (unpaired) electrons. The summed E-state index contributed by atoms with van der Waals surface area (Å²) in [6.07, 6.45) is -0.327. The molecule has 1 heterocycles. The number of hydrogen-bond donors (Lipinski definition) is 1. The summed E-state index contributed by atoms with van der Waals surface area (Å²) in [6.45, 7) is 10.6. The van der Waals surface area contributed by atoms with Gasteiger partial charge in [0.1, 0.15) is 0 Å².